The van der Waals surface area contributed by atoms with Crippen molar-refractivity contribution in [3.05, 3.63) is 58.9 Å². The summed E-state index contributed by atoms with van der Waals surface area (Å²) in [5, 5.41) is 4.08. The van der Waals surface area contributed by atoms with Crippen molar-refractivity contribution in [2.45, 2.75) is 12.7 Å². The van der Waals surface area contributed by atoms with Crippen LogP contribution in [0.15, 0.2) is 42.5 Å². The second-order valence-electron chi connectivity index (χ2n) is 5.51. The lowest BCUT2D eigenvalue weighted by molar-refractivity contribution is -0.124. The van der Waals surface area contributed by atoms with E-state index in [-0.39, 0.29) is 11.7 Å². The molecule has 2 heterocycles. The zero-order chi connectivity index (χ0) is 16.1. The highest BCUT2D eigenvalue weighted by molar-refractivity contribution is 6.35. The Kier molecular flexibility index (Phi) is 3.14. The Morgan fingerprint density at radius 2 is 2.04 bits per heavy atom. The maximum Gasteiger partial charge on any atom is 0.258 e. The first-order valence-corrected chi connectivity index (χ1v) is 7.56. The number of hydrogen-bond acceptors (Lipinski definition) is 2. The lowest BCUT2D eigenvalue weighted by Gasteiger charge is -2.16. The van der Waals surface area contributed by atoms with Crippen LogP contribution in [0.4, 0.5) is 4.39 Å². The monoisotopic (exact) mass is 329 g/mol. The first-order valence-electron chi connectivity index (χ1n) is 7.18. The van der Waals surface area contributed by atoms with E-state index >= 15 is 0 Å². The molecule has 1 atom stereocenters. The number of nitrogens with zero attached hydrogens (tertiary/aromatic N) is 1. The van der Waals surface area contributed by atoms with E-state index in [0.717, 1.165) is 16.5 Å². The van der Waals surface area contributed by atoms with E-state index in [4.69, 9.17) is 17.3 Å². The van der Waals surface area contributed by atoms with Crippen molar-refractivity contribution in [3.8, 4) is 11.3 Å². The summed E-state index contributed by atoms with van der Waals surface area (Å²) in [4.78, 5) is 12.2. The molecule has 23 heavy (non-hydrogen) atoms. The van der Waals surface area contributed by atoms with Crippen molar-refractivity contribution in [3.63, 3.8) is 0 Å². The van der Waals surface area contributed by atoms with Gasteiger partial charge in [0.05, 0.1) is 11.2 Å². The van der Waals surface area contributed by atoms with Crippen LogP contribution in [0.2, 0.25) is 5.02 Å². The molecule has 0 saturated carbocycles. The number of carbonyl (C=O) groups is 1. The average Bonchev–Trinajstić information content (AvgIpc) is 2.89. The number of amides is 1. The largest absolute Gasteiger partial charge is 0.349 e. The predicted octanol–water partition coefficient (Wildman–Crippen LogP) is 3.19. The minimum atomic E-state index is -0.943. The minimum Gasteiger partial charge on any atom is -0.349 e. The minimum absolute atomic E-state index is 0.313. The molecule has 3 aromatic rings. The Bertz CT molecular complexity index is 950. The van der Waals surface area contributed by atoms with Crippen molar-refractivity contribution in [2.24, 2.45) is 5.73 Å². The van der Waals surface area contributed by atoms with Crippen LogP contribution in [0.1, 0.15) is 11.7 Å². The van der Waals surface area contributed by atoms with Gasteiger partial charge in [-0.3, -0.25) is 4.79 Å². The maximum absolute atomic E-state index is 14.3. The molecular weight excluding hydrogens is 317 g/mol. The molecule has 3 N–H and O–H groups in total. The molecule has 2 aromatic carbocycles. The van der Waals surface area contributed by atoms with Crippen molar-refractivity contribution >= 4 is 28.4 Å². The van der Waals surface area contributed by atoms with Crippen molar-refractivity contribution < 1.29 is 9.18 Å². The topological polar surface area (TPSA) is 60.1 Å². The Labute approximate surface area is 136 Å². The van der Waals surface area contributed by atoms with Gasteiger partial charge in [-0.2, -0.15) is 0 Å². The number of nitrogens with two attached hydrogens (primary N) is 1. The highest BCUT2D eigenvalue weighted by Gasteiger charge is 2.27. The highest BCUT2D eigenvalue weighted by Crippen LogP contribution is 2.37. The Balaban J connectivity index is 2.14. The van der Waals surface area contributed by atoms with Gasteiger partial charge in [0.15, 0.2) is 6.17 Å². The van der Waals surface area contributed by atoms with Gasteiger partial charge >= 0.3 is 0 Å². The molecule has 0 fully saturated rings. The van der Waals surface area contributed by atoms with Crippen LogP contribution in [0.25, 0.3) is 22.2 Å². The molecule has 0 saturated heterocycles. The fraction of sp³-hybridized carbons (Fsp3) is 0.118. The highest BCUT2D eigenvalue weighted by atomic mass is 35.5. The lowest BCUT2D eigenvalue weighted by atomic mass is 10.1. The van der Waals surface area contributed by atoms with Crippen molar-refractivity contribution in [2.75, 3.05) is 0 Å². The number of halogens is 2. The number of carbonyl (C=O) groups excluding carboxylic acids is 1. The van der Waals surface area contributed by atoms with Gasteiger partial charge in [-0.15, -0.1) is 0 Å². The SMILES string of the molecule is NC1C(=O)NCc2ccc(Cl)c3cc(-c4ccccc4F)n1c23. The van der Waals surface area contributed by atoms with Gasteiger partial charge in [0.1, 0.15) is 5.82 Å². The summed E-state index contributed by atoms with van der Waals surface area (Å²) in [6, 6.07) is 11.8. The quantitative estimate of drug-likeness (QED) is 0.720. The van der Waals surface area contributed by atoms with Crippen LogP contribution >= 0.6 is 11.6 Å². The van der Waals surface area contributed by atoms with Crippen LogP contribution in [0, 0.1) is 5.82 Å². The Morgan fingerprint density at radius 1 is 1.26 bits per heavy atom. The molecule has 6 heteroatoms. The Morgan fingerprint density at radius 3 is 2.83 bits per heavy atom. The van der Waals surface area contributed by atoms with Gasteiger partial charge in [0.2, 0.25) is 0 Å². The first kappa shape index (κ1) is 14.2. The third-order valence-electron chi connectivity index (χ3n) is 4.18. The van der Waals surface area contributed by atoms with E-state index in [1.54, 1.807) is 34.9 Å². The third kappa shape index (κ3) is 2.04. The average molecular weight is 330 g/mol. The van der Waals surface area contributed by atoms with Gasteiger partial charge < -0.3 is 15.6 Å². The summed E-state index contributed by atoms with van der Waals surface area (Å²) in [7, 11) is 0. The number of aromatic nitrogens is 1. The third-order valence-corrected chi connectivity index (χ3v) is 4.51. The molecule has 1 amide bonds. The van der Waals surface area contributed by atoms with Crippen LogP contribution in [-0.2, 0) is 11.3 Å². The second-order valence-corrected chi connectivity index (χ2v) is 5.92. The first-order chi connectivity index (χ1) is 11.1. The zero-order valence-electron chi connectivity index (χ0n) is 12.0. The maximum atomic E-state index is 14.3. The molecule has 1 aliphatic heterocycles. The zero-order valence-corrected chi connectivity index (χ0v) is 12.8. The van der Waals surface area contributed by atoms with Gasteiger partial charge in [0, 0.05) is 22.5 Å². The van der Waals surface area contributed by atoms with E-state index < -0.39 is 6.17 Å². The number of benzene rings is 2. The molecule has 116 valence electrons. The molecule has 1 aromatic heterocycles. The van der Waals surface area contributed by atoms with E-state index in [0.29, 0.717) is 22.8 Å². The molecule has 1 aliphatic rings. The van der Waals surface area contributed by atoms with Gasteiger partial charge in [-0.1, -0.05) is 29.8 Å². The lowest BCUT2D eigenvalue weighted by Crippen LogP contribution is -2.35. The number of hydrogen-bond donors (Lipinski definition) is 2. The summed E-state index contributed by atoms with van der Waals surface area (Å²) < 4.78 is 15.9. The van der Waals surface area contributed by atoms with Crippen LogP contribution in [0.5, 0.6) is 0 Å². The van der Waals surface area contributed by atoms with Crippen LogP contribution < -0.4 is 11.1 Å². The normalized spacial score (nSPS) is 17.2. The van der Waals surface area contributed by atoms with Crippen molar-refractivity contribution in [1.29, 1.82) is 0 Å². The summed E-state index contributed by atoms with van der Waals surface area (Å²) in [6.07, 6.45) is -0.943. The molecule has 4 nitrogen and oxygen atoms in total. The second kappa shape index (κ2) is 5.08. The van der Waals surface area contributed by atoms with Crippen LogP contribution in [0.3, 0.4) is 0 Å². The molecule has 0 aliphatic carbocycles. The molecular formula is C17H13ClFN3O. The summed E-state index contributed by atoms with van der Waals surface area (Å²) in [6.45, 7) is 0.362. The van der Waals surface area contributed by atoms with E-state index in [9.17, 15) is 9.18 Å². The molecule has 4 rings (SSSR count). The Hall–Kier alpha value is -2.37. The van der Waals surface area contributed by atoms with Gasteiger partial charge in [-0.05, 0) is 29.8 Å². The van der Waals surface area contributed by atoms with Crippen molar-refractivity contribution in [1.82, 2.24) is 9.88 Å². The predicted molar refractivity (Wildman–Crippen MR) is 87.4 cm³/mol. The smallest absolute Gasteiger partial charge is 0.258 e. The van der Waals surface area contributed by atoms with Gasteiger partial charge in [0.25, 0.3) is 5.91 Å². The molecule has 0 spiro atoms. The number of rotatable bonds is 1. The molecule has 1 unspecified atom stereocenters. The van der Waals surface area contributed by atoms with Gasteiger partial charge in [-0.25, -0.2) is 4.39 Å². The number of nitrogens with one attached hydrogen (secondary N) is 1. The molecule has 0 bridgehead atoms. The van der Waals surface area contributed by atoms with E-state index in [1.165, 1.54) is 6.07 Å². The molecule has 0 radical (unpaired) electrons. The summed E-state index contributed by atoms with van der Waals surface area (Å²) >= 11 is 6.31. The van der Waals surface area contributed by atoms with E-state index in [1.807, 2.05) is 6.07 Å². The standard InChI is InChI=1S/C17H13ClFN3O/c18-12-6-5-9-8-21-17(23)16(20)22-14(7-11(12)15(9)22)10-3-1-2-4-13(10)19/h1-7,16H,8,20H2,(H,21,23). The van der Waals surface area contributed by atoms with Crippen LogP contribution in [-0.4, -0.2) is 10.5 Å². The fourth-order valence-corrected chi connectivity index (χ4v) is 3.30. The van der Waals surface area contributed by atoms with E-state index in [2.05, 4.69) is 5.32 Å². The summed E-state index contributed by atoms with van der Waals surface area (Å²) in [5.41, 5.74) is 8.70. The fourth-order valence-electron chi connectivity index (χ4n) is 3.09. The summed E-state index contributed by atoms with van der Waals surface area (Å²) in [5.74, 6) is -0.687.